The topological polar surface area (TPSA) is 98.8 Å². The molecule has 1 N–H and O–H groups in total. The van der Waals surface area contributed by atoms with Crippen LogP contribution in [0.1, 0.15) is 26.7 Å². The highest BCUT2D eigenvalue weighted by atomic mass is 32.2. The third-order valence-corrected chi connectivity index (χ3v) is 4.15. The maximum atomic E-state index is 11.6. The van der Waals surface area contributed by atoms with Crippen LogP contribution in [0.2, 0.25) is 0 Å². The SMILES string of the molecule is CC(=O)NCCCS(=O)(=O)OCC1(C)CCOC1=O. The molecule has 0 aromatic heterocycles. The summed E-state index contributed by atoms with van der Waals surface area (Å²) in [5, 5.41) is 2.50. The summed E-state index contributed by atoms with van der Waals surface area (Å²) in [5.74, 6) is -0.834. The molecule has 1 heterocycles. The predicted octanol–water partition coefficient (Wildman–Crippen LogP) is -0.188. The summed E-state index contributed by atoms with van der Waals surface area (Å²) in [4.78, 5) is 22.0. The van der Waals surface area contributed by atoms with Crippen LogP contribution < -0.4 is 5.32 Å². The van der Waals surface area contributed by atoms with Gasteiger partial charge in [0.25, 0.3) is 10.1 Å². The zero-order valence-corrected chi connectivity index (χ0v) is 11.9. The van der Waals surface area contributed by atoms with Crippen LogP contribution >= 0.6 is 0 Å². The smallest absolute Gasteiger partial charge is 0.314 e. The van der Waals surface area contributed by atoms with Crippen LogP contribution in [-0.2, 0) is 28.6 Å². The number of nitrogens with one attached hydrogen (secondary N) is 1. The van der Waals surface area contributed by atoms with Crippen molar-refractivity contribution in [3.05, 3.63) is 0 Å². The van der Waals surface area contributed by atoms with Gasteiger partial charge in [0.1, 0.15) is 0 Å². The summed E-state index contributed by atoms with van der Waals surface area (Å²) in [5.41, 5.74) is -0.884. The minimum absolute atomic E-state index is 0.196. The van der Waals surface area contributed by atoms with E-state index >= 15 is 0 Å². The Bertz CT molecular complexity index is 446. The maximum Gasteiger partial charge on any atom is 0.314 e. The quantitative estimate of drug-likeness (QED) is 0.397. The largest absolute Gasteiger partial charge is 0.465 e. The first-order valence-corrected chi connectivity index (χ1v) is 7.62. The van der Waals surface area contributed by atoms with Gasteiger partial charge < -0.3 is 10.1 Å². The number of cyclic esters (lactones) is 1. The monoisotopic (exact) mass is 293 g/mol. The van der Waals surface area contributed by atoms with E-state index in [0.717, 1.165) is 0 Å². The van der Waals surface area contributed by atoms with Gasteiger partial charge in [0.15, 0.2) is 0 Å². The lowest BCUT2D eigenvalue weighted by Crippen LogP contribution is -2.31. The molecule has 7 nitrogen and oxygen atoms in total. The summed E-state index contributed by atoms with van der Waals surface area (Å²) in [6.07, 6.45) is 0.719. The molecular weight excluding hydrogens is 274 g/mol. The number of ether oxygens (including phenoxy) is 1. The fourth-order valence-corrected chi connectivity index (χ4v) is 2.62. The standard InChI is InChI=1S/C11H19NO6S/c1-9(13)12-5-3-7-19(15,16)18-8-11(2)4-6-17-10(11)14/h3-8H2,1-2H3,(H,12,13). The molecule has 1 unspecified atom stereocenters. The highest BCUT2D eigenvalue weighted by Gasteiger charge is 2.41. The van der Waals surface area contributed by atoms with Gasteiger partial charge in [0.05, 0.1) is 24.4 Å². The Morgan fingerprint density at radius 3 is 2.74 bits per heavy atom. The van der Waals surface area contributed by atoms with Crippen molar-refractivity contribution < 1.29 is 26.9 Å². The summed E-state index contributed by atoms with van der Waals surface area (Å²) in [6, 6.07) is 0. The van der Waals surface area contributed by atoms with Gasteiger partial charge in [-0.1, -0.05) is 0 Å². The van der Waals surface area contributed by atoms with Crippen molar-refractivity contribution in [2.45, 2.75) is 26.7 Å². The van der Waals surface area contributed by atoms with Crippen molar-refractivity contribution in [1.82, 2.24) is 5.32 Å². The molecule has 1 amide bonds. The van der Waals surface area contributed by atoms with Crippen LogP contribution in [0.25, 0.3) is 0 Å². The Labute approximate surface area is 112 Å². The number of hydrogen-bond donors (Lipinski definition) is 1. The molecule has 0 spiro atoms. The first-order valence-electron chi connectivity index (χ1n) is 6.04. The fraction of sp³-hybridized carbons (Fsp3) is 0.818. The van der Waals surface area contributed by atoms with Crippen molar-refractivity contribution >= 4 is 22.0 Å². The number of hydrogen-bond acceptors (Lipinski definition) is 6. The van der Waals surface area contributed by atoms with E-state index in [0.29, 0.717) is 13.0 Å². The Morgan fingerprint density at radius 2 is 2.21 bits per heavy atom. The van der Waals surface area contributed by atoms with Crippen LogP contribution in [0.5, 0.6) is 0 Å². The van der Waals surface area contributed by atoms with Crippen LogP contribution in [0.4, 0.5) is 0 Å². The second kappa shape index (κ2) is 6.33. The molecule has 0 aliphatic carbocycles. The summed E-state index contributed by atoms with van der Waals surface area (Å²) in [7, 11) is -3.69. The van der Waals surface area contributed by atoms with Gasteiger partial charge in [-0.3, -0.25) is 13.8 Å². The molecule has 1 rings (SSSR count). The molecule has 1 aliphatic heterocycles. The average Bonchev–Trinajstić information content (AvgIpc) is 2.64. The number of carbonyl (C=O) groups is 2. The minimum atomic E-state index is -3.69. The van der Waals surface area contributed by atoms with E-state index in [-0.39, 0.29) is 31.2 Å². The highest BCUT2D eigenvalue weighted by molar-refractivity contribution is 7.86. The Morgan fingerprint density at radius 1 is 1.53 bits per heavy atom. The lowest BCUT2D eigenvalue weighted by atomic mass is 9.91. The normalized spacial score (nSPS) is 23.2. The number of carbonyl (C=O) groups excluding carboxylic acids is 2. The number of esters is 1. The third kappa shape index (κ3) is 5.15. The zero-order valence-electron chi connectivity index (χ0n) is 11.1. The van der Waals surface area contributed by atoms with Gasteiger partial charge >= 0.3 is 5.97 Å². The molecule has 1 saturated heterocycles. The first-order chi connectivity index (χ1) is 8.75. The Hall–Kier alpha value is -1.15. The molecular formula is C11H19NO6S. The Balaban J connectivity index is 2.34. The molecule has 0 saturated carbocycles. The molecule has 0 aromatic carbocycles. The van der Waals surface area contributed by atoms with E-state index in [9.17, 15) is 18.0 Å². The molecule has 0 aromatic rings. The van der Waals surface area contributed by atoms with Gasteiger partial charge in [-0.15, -0.1) is 0 Å². The van der Waals surface area contributed by atoms with Crippen molar-refractivity contribution in [3.8, 4) is 0 Å². The molecule has 8 heteroatoms. The molecule has 1 atom stereocenters. The van der Waals surface area contributed by atoms with Crippen molar-refractivity contribution in [3.63, 3.8) is 0 Å². The van der Waals surface area contributed by atoms with E-state index in [1.807, 2.05) is 0 Å². The van der Waals surface area contributed by atoms with Gasteiger partial charge in [0, 0.05) is 13.5 Å². The number of amides is 1. The van der Waals surface area contributed by atoms with E-state index < -0.39 is 21.5 Å². The second-order valence-electron chi connectivity index (χ2n) is 4.81. The van der Waals surface area contributed by atoms with Crippen LogP contribution in [0.15, 0.2) is 0 Å². The van der Waals surface area contributed by atoms with E-state index in [1.54, 1.807) is 6.92 Å². The van der Waals surface area contributed by atoms with Crippen molar-refractivity contribution in [2.75, 3.05) is 25.5 Å². The van der Waals surface area contributed by atoms with Crippen molar-refractivity contribution in [1.29, 1.82) is 0 Å². The molecule has 110 valence electrons. The van der Waals surface area contributed by atoms with Gasteiger partial charge in [-0.2, -0.15) is 8.42 Å². The molecule has 0 bridgehead atoms. The third-order valence-electron chi connectivity index (χ3n) is 2.88. The highest BCUT2D eigenvalue weighted by Crippen LogP contribution is 2.30. The lowest BCUT2D eigenvalue weighted by Gasteiger charge is -2.18. The van der Waals surface area contributed by atoms with Crippen LogP contribution in [0, 0.1) is 5.41 Å². The van der Waals surface area contributed by atoms with E-state index in [2.05, 4.69) is 5.32 Å². The van der Waals surface area contributed by atoms with Crippen molar-refractivity contribution in [2.24, 2.45) is 5.41 Å². The first kappa shape index (κ1) is 15.9. The summed E-state index contributed by atoms with van der Waals surface area (Å²) < 4.78 is 32.8. The molecule has 1 fully saturated rings. The number of rotatable bonds is 7. The summed E-state index contributed by atoms with van der Waals surface area (Å²) >= 11 is 0. The van der Waals surface area contributed by atoms with E-state index in [4.69, 9.17) is 8.92 Å². The molecule has 0 radical (unpaired) electrons. The average molecular weight is 293 g/mol. The molecule has 19 heavy (non-hydrogen) atoms. The van der Waals surface area contributed by atoms with Crippen LogP contribution in [0.3, 0.4) is 0 Å². The zero-order chi connectivity index (χ0) is 14.5. The van der Waals surface area contributed by atoms with Gasteiger partial charge in [-0.05, 0) is 19.8 Å². The van der Waals surface area contributed by atoms with Gasteiger partial charge in [0.2, 0.25) is 5.91 Å². The maximum absolute atomic E-state index is 11.6. The van der Waals surface area contributed by atoms with Gasteiger partial charge in [-0.25, -0.2) is 0 Å². The fourth-order valence-electron chi connectivity index (χ4n) is 1.57. The lowest BCUT2D eigenvalue weighted by molar-refractivity contribution is -0.146. The second-order valence-corrected chi connectivity index (χ2v) is 6.57. The minimum Gasteiger partial charge on any atom is -0.465 e. The Kier molecular flexibility index (Phi) is 5.30. The summed E-state index contributed by atoms with van der Waals surface area (Å²) in [6.45, 7) is 3.35. The van der Waals surface area contributed by atoms with E-state index in [1.165, 1.54) is 6.92 Å². The predicted molar refractivity (Wildman–Crippen MR) is 66.7 cm³/mol. The van der Waals surface area contributed by atoms with Crippen LogP contribution in [-0.4, -0.2) is 45.8 Å². The molecule has 1 aliphatic rings.